The van der Waals surface area contributed by atoms with Crippen molar-refractivity contribution in [3.05, 3.63) is 69.1 Å². The molecule has 0 saturated carbocycles. The van der Waals surface area contributed by atoms with E-state index in [0.717, 1.165) is 22.1 Å². The van der Waals surface area contributed by atoms with E-state index in [1.54, 1.807) is 18.2 Å². The van der Waals surface area contributed by atoms with Crippen LogP contribution in [0.15, 0.2) is 45.6 Å². The van der Waals surface area contributed by atoms with Gasteiger partial charge in [0.15, 0.2) is 17.3 Å². The van der Waals surface area contributed by atoms with Gasteiger partial charge in [0.25, 0.3) is 0 Å². The summed E-state index contributed by atoms with van der Waals surface area (Å²) >= 11 is 0. The average Bonchev–Trinajstić information content (AvgIpc) is 2.62. The number of ether oxygens (including phenoxy) is 2. The maximum Gasteiger partial charge on any atom is 0.336 e. The largest absolute Gasteiger partial charge is 0.493 e. The Bertz CT molecular complexity index is 1050. The fourth-order valence-electron chi connectivity index (χ4n) is 2.81. The van der Waals surface area contributed by atoms with Gasteiger partial charge in [0.1, 0.15) is 12.2 Å². The second-order valence-corrected chi connectivity index (χ2v) is 6.19. The summed E-state index contributed by atoms with van der Waals surface area (Å²) in [4.78, 5) is 23.4. The Kier molecular flexibility index (Phi) is 4.80. The monoisotopic (exact) mass is 352 g/mol. The van der Waals surface area contributed by atoms with Gasteiger partial charge < -0.3 is 13.9 Å². The van der Waals surface area contributed by atoms with Crippen molar-refractivity contribution in [3.63, 3.8) is 0 Å². The Labute approximate surface area is 151 Å². The minimum atomic E-state index is -0.413. The molecule has 134 valence electrons. The smallest absolute Gasteiger partial charge is 0.336 e. The van der Waals surface area contributed by atoms with Crippen LogP contribution < -0.4 is 15.1 Å². The molecule has 0 spiro atoms. The summed E-state index contributed by atoms with van der Waals surface area (Å²) in [6, 6.07) is 10.4. The van der Waals surface area contributed by atoms with Crippen LogP contribution in [-0.2, 0) is 6.61 Å². The highest BCUT2D eigenvalue weighted by atomic mass is 16.5. The summed E-state index contributed by atoms with van der Waals surface area (Å²) in [6.07, 6.45) is 0. The van der Waals surface area contributed by atoms with Crippen molar-refractivity contribution in [1.29, 1.82) is 0 Å². The molecule has 5 heteroatoms. The number of Topliss-reactive ketones (excluding diaryl/α,β-unsaturated/α-hetero) is 1. The van der Waals surface area contributed by atoms with E-state index in [1.807, 2.05) is 26.0 Å². The topological polar surface area (TPSA) is 65.7 Å². The van der Waals surface area contributed by atoms with E-state index < -0.39 is 5.63 Å². The first-order chi connectivity index (χ1) is 12.4. The van der Waals surface area contributed by atoms with Gasteiger partial charge in [-0.15, -0.1) is 0 Å². The molecule has 0 amide bonds. The Morgan fingerprint density at radius 1 is 1.08 bits per heavy atom. The third kappa shape index (κ3) is 3.33. The van der Waals surface area contributed by atoms with E-state index in [0.29, 0.717) is 22.6 Å². The Hall–Kier alpha value is -3.08. The highest BCUT2D eigenvalue weighted by Crippen LogP contribution is 2.30. The third-order valence-corrected chi connectivity index (χ3v) is 4.47. The summed E-state index contributed by atoms with van der Waals surface area (Å²) in [5, 5.41) is 0.840. The molecule has 0 aliphatic rings. The van der Waals surface area contributed by atoms with Crippen LogP contribution in [0, 0.1) is 13.8 Å². The van der Waals surface area contributed by atoms with Crippen molar-refractivity contribution >= 4 is 16.8 Å². The molecule has 1 heterocycles. The zero-order valence-corrected chi connectivity index (χ0v) is 15.2. The fourth-order valence-corrected chi connectivity index (χ4v) is 2.81. The highest BCUT2D eigenvalue weighted by molar-refractivity contribution is 5.94. The van der Waals surface area contributed by atoms with Crippen LogP contribution in [0.25, 0.3) is 11.0 Å². The molecule has 0 unspecified atom stereocenters. The lowest BCUT2D eigenvalue weighted by Crippen LogP contribution is -2.06. The second-order valence-electron chi connectivity index (χ2n) is 6.19. The lowest BCUT2D eigenvalue weighted by Gasteiger charge is -2.13. The van der Waals surface area contributed by atoms with Gasteiger partial charge in [0, 0.05) is 22.6 Å². The summed E-state index contributed by atoms with van der Waals surface area (Å²) in [5.41, 5.74) is 3.44. The van der Waals surface area contributed by atoms with E-state index in [2.05, 4.69) is 0 Å². The van der Waals surface area contributed by atoms with E-state index in [4.69, 9.17) is 13.9 Å². The number of ketones is 1. The van der Waals surface area contributed by atoms with Crippen LogP contribution >= 0.6 is 0 Å². The summed E-state index contributed by atoms with van der Waals surface area (Å²) in [5.74, 6) is 0.923. The minimum absolute atomic E-state index is 0.0487. The number of methoxy groups -OCH3 is 1. The normalized spacial score (nSPS) is 10.8. The molecule has 2 aromatic carbocycles. The van der Waals surface area contributed by atoms with Crippen LogP contribution in [0.5, 0.6) is 11.5 Å². The van der Waals surface area contributed by atoms with Crippen molar-refractivity contribution < 1.29 is 18.7 Å². The summed E-state index contributed by atoms with van der Waals surface area (Å²) in [6.45, 7) is 5.57. The highest BCUT2D eigenvalue weighted by Gasteiger charge is 2.12. The van der Waals surface area contributed by atoms with E-state index in [9.17, 15) is 9.59 Å². The molecule has 0 bridgehead atoms. The molecular formula is C21H20O5. The molecule has 5 nitrogen and oxygen atoms in total. The number of aryl methyl sites for hydroxylation is 2. The second kappa shape index (κ2) is 7.04. The number of carbonyl (C=O) groups is 1. The van der Waals surface area contributed by atoms with E-state index in [1.165, 1.54) is 20.1 Å². The predicted molar refractivity (Wildman–Crippen MR) is 99.3 cm³/mol. The Balaban J connectivity index is 1.97. The summed E-state index contributed by atoms with van der Waals surface area (Å²) in [7, 11) is 1.52. The zero-order chi connectivity index (χ0) is 18.8. The van der Waals surface area contributed by atoms with Crippen molar-refractivity contribution in [2.45, 2.75) is 27.4 Å². The number of hydrogen-bond donors (Lipinski definition) is 0. The molecule has 0 fully saturated rings. The molecule has 1 aromatic heterocycles. The van der Waals surface area contributed by atoms with Crippen LogP contribution in [0.1, 0.15) is 34.0 Å². The average molecular weight is 352 g/mol. The zero-order valence-electron chi connectivity index (χ0n) is 15.2. The van der Waals surface area contributed by atoms with Crippen LogP contribution in [0.3, 0.4) is 0 Å². The maximum atomic E-state index is 11.9. The Morgan fingerprint density at radius 2 is 1.85 bits per heavy atom. The Morgan fingerprint density at radius 3 is 2.54 bits per heavy atom. The van der Waals surface area contributed by atoms with E-state index in [-0.39, 0.29) is 12.4 Å². The lowest BCUT2D eigenvalue weighted by molar-refractivity contribution is 0.101. The minimum Gasteiger partial charge on any atom is -0.493 e. The molecule has 0 radical (unpaired) electrons. The lowest BCUT2D eigenvalue weighted by atomic mass is 10.0. The molecule has 0 N–H and O–H groups in total. The van der Waals surface area contributed by atoms with Gasteiger partial charge >= 0.3 is 5.63 Å². The first-order valence-electron chi connectivity index (χ1n) is 8.25. The van der Waals surface area contributed by atoms with Crippen LogP contribution in [-0.4, -0.2) is 12.9 Å². The predicted octanol–water partition coefficient (Wildman–Crippen LogP) is 4.20. The molecular weight excluding hydrogens is 332 g/mol. The van der Waals surface area contributed by atoms with Crippen molar-refractivity contribution in [2.24, 2.45) is 0 Å². The van der Waals surface area contributed by atoms with Gasteiger partial charge in [-0.1, -0.05) is 12.1 Å². The number of rotatable bonds is 5. The van der Waals surface area contributed by atoms with Gasteiger partial charge in [-0.2, -0.15) is 0 Å². The van der Waals surface area contributed by atoms with Crippen LogP contribution in [0.4, 0.5) is 0 Å². The number of benzene rings is 2. The fraction of sp³-hybridized carbons (Fsp3) is 0.238. The molecule has 0 saturated heterocycles. The molecule has 26 heavy (non-hydrogen) atoms. The quantitative estimate of drug-likeness (QED) is 0.508. The van der Waals surface area contributed by atoms with Gasteiger partial charge in [-0.05, 0) is 50.1 Å². The number of carbonyl (C=O) groups excluding carboxylic acids is 1. The van der Waals surface area contributed by atoms with Gasteiger partial charge in [0.05, 0.1) is 7.11 Å². The first-order valence-corrected chi connectivity index (χ1v) is 8.25. The van der Waals surface area contributed by atoms with Crippen molar-refractivity contribution in [1.82, 2.24) is 0 Å². The summed E-state index contributed by atoms with van der Waals surface area (Å²) < 4.78 is 16.6. The van der Waals surface area contributed by atoms with Gasteiger partial charge in [-0.25, -0.2) is 4.79 Å². The molecule has 0 aliphatic carbocycles. The molecule has 3 rings (SSSR count). The molecule has 0 atom stereocenters. The standard InChI is InChI=1S/C21H20O5/c1-12-5-7-17-16(10-20(23)26-21(17)13(12)2)11-25-18-8-6-15(14(3)22)9-19(18)24-4/h5-10H,11H2,1-4H3. The SMILES string of the molecule is COc1cc(C(C)=O)ccc1OCc1cc(=O)oc2c(C)c(C)ccc12. The molecule has 0 aliphatic heterocycles. The van der Waals surface area contributed by atoms with Crippen molar-refractivity contribution in [2.75, 3.05) is 7.11 Å². The third-order valence-electron chi connectivity index (χ3n) is 4.47. The maximum absolute atomic E-state index is 11.9. The molecule has 3 aromatic rings. The first kappa shape index (κ1) is 17.7. The van der Waals surface area contributed by atoms with Gasteiger partial charge in [0.2, 0.25) is 0 Å². The van der Waals surface area contributed by atoms with Crippen LogP contribution in [0.2, 0.25) is 0 Å². The van der Waals surface area contributed by atoms with E-state index >= 15 is 0 Å². The number of fused-ring (bicyclic) bond motifs is 1. The van der Waals surface area contributed by atoms with Crippen molar-refractivity contribution in [3.8, 4) is 11.5 Å². The van der Waals surface area contributed by atoms with Gasteiger partial charge in [-0.3, -0.25) is 4.79 Å². The number of hydrogen-bond acceptors (Lipinski definition) is 5.